The molecule has 0 unspecified atom stereocenters. The van der Waals surface area contributed by atoms with Crippen LogP contribution in [0, 0.1) is 30.6 Å². The van der Waals surface area contributed by atoms with Gasteiger partial charge in [-0.05, 0) is 231 Å². The minimum atomic E-state index is -1.59. The highest BCUT2D eigenvalue weighted by Gasteiger charge is 2.42. The molecule has 1 aliphatic heterocycles. The van der Waals surface area contributed by atoms with Gasteiger partial charge in [-0.25, -0.2) is 19.2 Å². The molecule has 39 nitrogen and oxygen atoms in total. The van der Waals surface area contributed by atoms with Crippen LogP contribution in [0.1, 0.15) is 286 Å². The van der Waals surface area contributed by atoms with E-state index >= 15 is 14.4 Å². The van der Waals surface area contributed by atoms with Crippen LogP contribution < -0.4 is 74.4 Å². The third-order valence-electron chi connectivity index (χ3n) is 24.6. The molecule has 2 aliphatic carbocycles. The van der Waals surface area contributed by atoms with Crippen molar-refractivity contribution in [1.82, 2.24) is 79.3 Å². The second kappa shape index (κ2) is 63.9. The van der Waals surface area contributed by atoms with Gasteiger partial charge in [0.25, 0.3) is 0 Å². The van der Waals surface area contributed by atoms with Crippen LogP contribution in [-0.2, 0) is 115 Å². The van der Waals surface area contributed by atoms with Crippen molar-refractivity contribution in [2.24, 2.45) is 23.7 Å². The Morgan fingerprint density at radius 3 is 1.17 bits per heavy atom. The molecule has 812 valence electrons. The number of likely N-dealkylation sites (tertiary alicyclic amines) is 1. The molecule has 13 atom stereocenters. The summed E-state index contributed by atoms with van der Waals surface area (Å²) in [6.45, 7) is 25.2. The maximum Gasteiger partial charge on any atom is 0.408 e. The molecule has 15 amide bonds. The van der Waals surface area contributed by atoms with Gasteiger partial charge in [0.05, 0.1) is 0 Å². The van der Waals surface area contributed by atoms with Crippen LogP contribution in [-0.4, -0.2) is 239 Å². The number of amides is 15. The Hall–Kier alpha value is -11.6. The Morgan fingerprint density at radius 2 is 0.760 bits per heavy atom. The molecule has 0 spiro atoms. The van der Waals surface area contributed by atoms with Gasteiger partial charge < -0.3 is 108 Å². The summed E-state index contributed by atoms with van der Waals surface area (Å²) in [5.41, 5.74) is 2.09. The van der Waals surface area contributed by atoms with Crippen LogP contribution in [0.2, 0.25) is 10.0 Å². The number of carbonyl (C=O) groups excluding carboxylic acids is 17. The van der Waals surface area contributed by atoms with Crippen LogP contribution in [0.25, 0.3) is 0 Å². The minimum absolute atomic E-state index is 0.0164. The number of nitrogens with one attached hydrogen (secondary N) is 14. The van der Waals surface area contributed by atoms with Gasteiger partial charge in [-0.2, -0.15) is 11.8 Å². The highest BCUT2D eigenvalue weighted by molar-refractivity contribution is 7.98. The Bertz CT molecular complexity index is 4800. The number of carbonyl (C=O) groups is 18. The van der Waals surface area contributed by atoms with Crippen LogP contribution in [0.4, 0.5) is 14.4 Å². The molecule has 3 aromatic rings. The number of carboxylic acids is 1. The molecular formula is C104H157Cl2N15O24S. The van der Waals surface area contributed by atoms with E-state index < -0.39 is 198 Å². The Kier molecular flexibility index (Phi) is 53.9. The lowest BCUT2D eigenvalue weighted by molar-refractivity contribution is -0.152. The van der Waals surface area contributed by atoms with Crippen LogP contribution >= 0.6 is 35.0 Å². The van der Waals surface area contributed by atoms with Gasteiger partial charge in [0.15, 0.2) is 0 Å². The third-order valence-corrected chi connectivity index (χ3v) is 26.5. The van der Waals surface area contributed by atoms with Crippen LogP contribution in [0.3, 0.4) is 0 Å². The molecular weight excluding hydrogens is 1950 g/mol. The Morgan fingerprint density at radius 1 is 0.397 bits per heavy atom. The van der Waals surface area contributed by atoms with E-state index in [-0.39, 0.29) is 158 Å². The zero-order valence-corrected chi connectivity index (χ0v) is 89.5. The molecule has 0 radical (unpaired) electrons. The normalized spacial score (nSPS) is 16.4. The summed E-state index contributed by atoms with van der Waals surface area (Å²) < 4.78 is 27.6. The average molecular weight is 2100 g/mol. The molecule has 15 N–H and O–H groups in total. The molecule has 2 saturated carbocycles. The van der Waals surface area contributed by atoms with Crippen molar-refractivity contribution in [1.29, 1.82) is 0 Å². The molecule has 146 heavy (non-hydrogen) atoms. The molecule has 0 aromatic heterocycles. The summed E-state index contributed by atoms with van der Waals surface area (Å²) in [5, 5.41) is 48.6. The van der Waals surface area contributed by atoms with E-state index in [0.717, 1.165) is 49.7 Å². The number of benzene rings is 3. The van der Waals surface area contributed by atoms with Gasteiger partial charge in [-0.1, -0.05) is 158 Å². The standard InChI is InChI=1S/C104H157Cl2N15O24S/c1-61(2)53-80(118-95(131)83(56-64(7)8)117-92(128)78(47-49-87(123)144-73-35-20-17-21-36-73)114-98(134)85-41-30-52-121(85)99(135)68(12)111-103(140)145-104(13,14)15)93(129)113-76(39-26-28-50-107-101(138)141-57-70-31-22-24-37-74(70)105)90(126)109-67(11)89(125)120-84(60-146-59-69-44-42-65(9)43-45-69)97(133)110-66(10)88(124)112-77(46-48-86(122)143-72-33-18-16-19-34-72)91(127)116-82(55-63(5)6)96(132)119-81(54-62(3)4)94(130)115-79(100(136)137)40-27-29-51-108-102(139)142-58-71-32-23-25-38-75(71)106/h22-25,31-32,37-38,42-45,61-64,66-68,72-73,76-85H,16-21,26-30,33-36,39-41,46-60H2,1-15H3,(H,107,138)(H,108,139)(H,109,126)(H,110,133)(H,111,140)(H,112,124)(H,113,129)(H,114,134)(H,115,130)(H,116,127)(H,117,128)(H,118,131)(H,119,132)(H,120,125)(H,136,137)/t66-,67-,68+,76-,77-,78-,79-,80-,81-,82-,83-,84-,85-/m0/s1. The van der Waals surface area contributed by atoms with Crippen molar-refractivity contribution in [3.63, 3.8) is 0 Å². The number of nitrogens with zero attached hydrogens (tertiary/aromatic N) is 1. The predicted octanol–water partition coefficient (Wildman–Crippen LogP) is 10.6. The fraction of sp³-hybridized carbons (Fsp3) is 0.654. The number of thioether (sulfide) groups is 1. The first kappa shape index (κ1) is 123. The number of ether oxygens (including phenoxy) is 5. The van der Waals surface area contributed by atoms with Crippen molar-refractivity contribution < 1.29 is 115 Å². The highest BCUT2D eigenvalue weighted by atomic mass is 35.5. The fourth-order valence-electron chi connectivity index (χ4n) is 16.7. The maximum absolute atomic E-state index is 15.1. The number of halogens is 2. The van der Waals surface area contributed by atoms with Crippen molar-refractivity contribution in [2.75, 3.05) is 25.4 Å². The second-order valence-electron chi connectivity index (χ2n) is 40.7. The molecule has 1 heterocycles. The lowest BCUT2D eigenvalue weighted by atomic mass is 9.98. The largest absolute Gasteiger partial charge is 0.480 e. The zero-order valence-electron chi connectivity index (χ0n) is 87.2. The van der Waals surface area contributed by atoms with Gasteiger partial charge in [0.1, 0.15) is 110 Å². The van der Waals surface area contributed by atoms with E-state index in [9.17, 15) is 77.0 Å². The van der Waals surface area contributed by atoms with Crippen LogP contribution in [0.15, 0.2) is 72.8 Å². The van der Waals surface area contributed by atoms with E-state index in [1.807, 2.05) is 31.2 Å². The molecule has 0 bridgehead atoms. The number of hydrogen-bond donors (Lipinski definition) is 15. The zero-order chi connectivity index (χ0) is 108. The van der Waals surface area contributed by atoms with Gasteiger partial charge in [0, 0.05) is 65.2 Å². The van der Waals surface area contributed by atoms with Crippen molar-refractivity contribution in [3.05, 3.63) is 105 Å². The first-order chi connectivity index (χ1) is 69.1. The van der Waals surface area contributed by atoms with Crippen molar-refractivity contribution in [2.45, 2.75) is 386 Å². The van der Waals surface area contributed by atoms with Crippen molar-refractivity contribution >= 4 is 142 Å². The number of aliphatic carboxylic acids is 1. The molecule has 6 rings (SSSR count). The molecule has 3 aliphatic rings. The van der Waals surface area contributed by atoms with Crippen LogP contribution in [0.5, 0.6) is 0 Å². The average Bonchev–Trinajstić information content (AvgIpc) is 1.65. The fourth-order valence-corrected chi connectivity index (χ4v) is 18.1. The molecule has 3 fully saturated rings. The summed E-state index contributed by atoms with van der Waals surface area (Å²) in [5.74, 6) is -13.9. The van der Waals surface area contributed by atoms with E-state index in [0.29, 0.717) is 65.4 Å². The van der Waals surface area contributed by atoms with Gasteiger partial charge in [0.2, 0.25) is 70.9 Å². The lowest BCUT2D eigenvalue weighted by Gasteiger charge is -2.30. The third kappa shape index (κ3) is 46.7. The summed E-state index contributed by atoms with van der Waals surface area (Å²) in [4.78, 5) is 256. The Labute approximate surface area is 871 Å². The predicted molar refractivity (Wildman–Crippen MR) is 550 cm³/mol. The number of alkyl carbamates (subject to hydrolysis) is 3. The van der Waals surface area contributed by atoms with Gasteiger partial charge in [-0.3, -0.25) is 67.1 Å². The monoisotopic (exact) mass is 2100 g/mol. The molecule has 1 saturated heterocycles. The number of rotatable bonds is 59. The topological polar surface area (TPSA) is 545 Å². The van der Waals surface area contributed by atoms with E-state index in [2.05, 4.69) is 74.4 Å². The number of aryl methyl sites for hydroxylation is 1. The lowest BCUT2D eigenvalue weighted by Crippen LogP contribution is -2.60. The smallest absolute Gasteiger partial charge is 0.408 e. The quantitative estimate of drug-likeness (QED) is 0.0142. The van der Waals surface area contributed by atoms with Gasteiger partial charge >= 0.3 is 36.2 Å². The number of hydrogen-bond acceptors (Lipinski definition) is 24. The summed E-state index contributed by atoms with van der Waals surface area (Å²) in [7, 11) is 0. The number of unbranched alkanes of at least 4 members (excludes halogenated alkanes) is 2. The maximum atomic E-state index is 15.1. The number of esters is 2. The first-order valence-electron chi connectivity index (χ1n) is 51.3. The molecule has 42 heteroatoms. The summed E-state index contributed by atoms with van der Waals surface area (Å²) in [6, 6.07) is 2.93. The first-order valence-corrected chi connectivity index (χ1v) is 53.2. The summed E-state index contributed by atoms with van der Waals surface area (Å²) in [6.07, 6.45) is 4.53. The minimum Gasteiger partial charge on any atom is -0.480 e. The van der Waals surface area contributed by atoms with Gasteiger partial charge in [-0.15, -0.1) is 0 Å². The highest BCUT2D eigenvalue weighted by Crippen LogP contribution is 2.27. The summed E-state index contributed by atoms with van der Waals surface area (Å²) >= 11 is 13.7. The SMILES string of the molecule is Cc1ccc(CSC[C@H](NC(=O)[C@H](C)NC(=O)[C@H](CCCCNC(=O)OCc2ccccc2Cl)NC(=O)[C@H](CC(C)C)NC(=O)[C@H](CC(C)C)NC(=O)[C@H](CCC(=O)OC2CCCCC2)NC(=O)[C@@H]2CCCN2C(=O)[C@@H](C)NC(=O)OC(C)(C)C)C(=O)N[C@@H](C)C(=O)N[C@@H](CCC(=O)OC2CCCCC2)C(=O)N[C@@H](CC(C)C)C(=O)N[C@@H](CC(C)C)C(=O)N[C@@H](CCCCNC(=O)OCc2ccccc2Cl)C(=O)O)cc1. The van der Waals surface area contributed by atoms with Crippen molar-refractivity contribution in [3.8, 4) is 0 Å². The van der Waals surface area contributed by atoms with E-state index in [1.165, 1.54) is 37.4 Å². The second-order valence-corrected chi connectivity index (χ2v) is 42.5. The van der Waals surface area contributed by atoms with E-state index in [4.69, 9.17) is 46.9 Å². The van der Waals surface area contributed by atoms with E-state index in [1.54, 1.807) is 125 Å². The Balaban J connectivity index is 1.22. The molecule has 3 aromatic carbocycles. The number of carboxylic acid groups (broad SMARTS) is 1.